The van der Waals surface area contributed by atoms with Crippen molar-refractivity contribution in [1.82, 2.24) is 20.1 Å². The Morgan fingerprint density at radius 1 is 1.00 bits per heavy atom. The molecule has 0 radical (unpaired) electrons. The fraction of sp³-hybridized carbons (Fsp3) is 0.208. The Kier molecular flexibility index (Phi) is 5.38. The van der Waals surface area contributed by atoms with Crippen LogP contribution in [-0.4, -0.2) is 20.7 Å². The highest BCUT2D eigenvalue weighted by molar-refractivity contribution is 5.97. The van der Waals surface area contributed by atoms with E-state index in [0.29, 0.717) is 5.56 Å². The molecule has 1 atom stereocenters. The normalized spacial score (nSPS) is 12.2. The van der Waals surface area contributed by atoms with Gasteiger partial charge in [0.15, 0.2) is 5.65 Å². The number of hydrogen-bond donors (Lipinski definition) is 1. The zero-order chi connectivity index (χ0) is 20.2. The summed E-state index contributed by atoms with van der Waals surface area (Å²) in [6.45, 7) is 4.12. The van der Waals surface area contributed by atoms with Gasteiger partial charge in [0.2, 0.25) is 0 Å². The summed E-state index contributed by atoms with van der Waals surface area (Å²) in [7, 11) is 0. The predicted molar refractivity (Wildman–Crippen MR) is 115 cm³/mol. The highest BCUT2D eigenvalue weighted by atomic mass is 16.1. The quantitative estimate of drug-likeness (QED) is 0.523. The SMILES string of the molecule is CC(C)n1ncc2cc(C(=O)NC(Cc3ccccc3)c3ccccc3)cnc21. The number of rotatable bonds is 6. The Labute approximate surface area is 170 Å². The summed E-state index contributed by atoms with van der Waals surface area (Å²) < 4.78 is 1.86. The lowest BCUT2D eigenvalue weighted by molar-refractivity contribution is 0.0936. The number of carbonyl (C=O) groups excluding carboxylic acids is 1. The van der Waals surface area contributed by atoms with Crippen LogP contribution in [0.1, 0.15) is 47.4 Å². The monoisotopic (exact) mass is 384 g/mol. The van der Waals surface area contributed by atoms with Gasteiger partial charge in [-0.2, -0.15) is 5.10 Å². The maximum atomic E-state index is 13.0. The molecule has 0 bridgehead atoms. The van der Waals surface area contributed by atoms with E-state index in [1.165, 1.54) is 5.56 Å². The number of amides is 1. The Hall–Kier alpha value is -3.47. The summed E-state index contributed by atoms with van der Waals surface area (Å²) in [5, 5.41) is 8.43. The van der Waals surface area contributed by atoms with E-state index in [2.05, 4.69) is 41.4 Å². The summed E-state index contributed by atoms with van der Waals surface area (Å²) in [6.07, 6.45) is 4.11. The first-order valence-corrected chi connectivity index (χ1v) is 9.85. The van der Waals surface area contributed by atoms with Crippen LogP contribution in [0, 0.1) is 0 Å². The van der Waals surface area contributed by atoms with E-state index < -0.39 is 0 Å². The van der Waals surface area contributed by atoms with Gasteiger partial charge in [0.25, 0.3) is 5.91 Å². The van der Waals surface area contributed by atoms with Gasteiger partial charge in [-0.15, -0.1) is 0 Å². The van der Waals surface area contributed by atoms with Gasteiger partial charge in [0, 0.05) is 17.6 Å². The fourth-order valence-electron chi connectivity index (χ4n) is 3.47. The second kappa shape index (κ2) is 8.27. The molecular formula is C24H24N4O. The number of carbonyl (C=O) groups is 1. The third kappa shape index (κ3) is 4.19. The van der Waals surface area contributed by atoms with Crippen LogP contribution in [0.4, 0.5) is 0 Å². The minimum atomic E-state index is -0.138. The highest BCUT2D eigenvalue weighted by Gasteiger charge is 2.18. The van der Waals surface area contributed by atoms with Crippen LogP contribution in [-0.2, 0) is 6.42 Å². The minimum absolute atomic E-state index is 0.125. The molecule has 0 aliphatic rings. The summed E-state index contributed by atoms with van der Waals surface area (Å²) in [6, 6.07) is 22.2. The maximum Gasteiger partial charge on any atom is 0.253 e. The molecule has 5 heteroatoms. The van der Waals surface area contributed by atoms with Crippen molar-refractivity contribution in [2.24, 2.45) is 0 Å². The molecule has 29 heavy (non-hydrogen) atoms. The minimum Gasteiger partial charge on any atom is -0.345 e. The van der Waals surface area contributed by atoms with Gasteiger partial charge in [-0.25, -0.2) is 9.67 Å². The molecule has 4 rings (SSSR count). The van der Waals surface area contributed by atoms with E-state index >= 15 is 0 Å². The van der Waals surface area contributed by atoms with Gasteiger partial charge < -0.3 is 5.32 Å². The zero-order valence-corrected chi connectivity index (χ0v) is 16.6. The van der Waals surface area contributed by atoms with Crippen LogP contribution in [0.5, 0.6) is 0 Å². The number of hydrogen-bond acceptors (Lipinski definition) is 3. The lowest BCUT2D eigenvalue weighted by Gasteiger charge is -2.19. The third-order valence-electron chi connectivity index (χ3n) is 4.97. The Morgan fingerprint density at radius 3 is 2.38 bits per heavy atom. The van der Waals surface area contributed by atoms with Crippen LogP contribution in [0.3, 0.4) is 0 Å². The van der Waals surface area contributed by atoms with E-state index in [1.807, 2.05) is 59.3 Å². The first kappa shape index (κ1) is 18.9. The van der Waals surface area contributed by atoms with E-state index in [9.17, 15) is 4.79 Å². The van der Waals surface area contributed by atoms with Crippen molar-refractivity contribution in [3.63, 3.8) is 0 Å². The Bertz CT molecular complexity index is 1100. The number of benzene rings is 2. The molecule has 1 unspecified atom stereocenters. The van der Waals surface area contributed by atoms with Crippen molar-refractivity contribution >= 4 is 16.9 Å². The van der Waals surface area contributed by atoms with Gasteiger partial charge in [0.1, 0.15) is 0 Å². The van der Waals surface area contributed by atoms with Gasteiger partial charge in [-0.05, 0) is 37.5 Å². The number of pyridine rings is 1. The average Bonchev–Trinajstić information content (AvgIpc) is 3.18. The van der Waals surface area contributed by atoms with Gasteiger partial charge in [-0.3, -0.25) is 4.79 Å². The van der Waals surface area contributed by atoms with Gasteiger partial charge in [0.05, 0.1) is 17.8 Å². The lowest BCUT2D eigenvalue weighted by Crippen LogP contribution is -2.30. The molecule has 146 valence electrons. The molecule has 0 fully saturated rings. The molecular weight excluding hydrogens is 360 g/mol. The van der Waals surface area contributed by atoms with Crippen LogP contribution in [0.15, 0.2) is 79.1 Å². The van der Waals surface area contributed by atoms with Crippen molar-refractivity contribution in [2.45, 2.75) is 32.4 Å². The molecule has 0 saturated carbocycles. The molecule has 2 aromatic carbocycles. The predicted octanol–water partition coefficient (Wildman–Crippen LogP) is 4.73. The van der Waals surface area contributed by atoms with E-state index in [1.54, 1.807) is 12.4 Å². The molecule has 1 N–H and O–H groups in total. The molecule has 0 aliphatic carbocycles. The van der Waals surface area contributed by atoms with Gasteiger partial charge in [-0.1, -0.05) is 60.7 Å². The first-order valence-electron chi connectivity index (χ1n) is 9.85. The van der Waals surface area contributed by atoms with Gasteiger partial charge >= 0.3 is 0 Å². The number of aromatic nitrogens is 3. The summed E-state index contributed by atoms with van der Waals surface area (Å²) in [5.74, 6) is -0.138. The Morgan fingerprint density at radius 2 is 1.69 bits per heavy atom. The smallest absolute Gasteiger partial charge is 0.253 e. The van der Waals surface area contributed by atoms with Crippen molar-refractivity contribution in [3.05, 3.63) is 95.8 Å². The van der Waals surface area contributed by atoms with Crippen LogP contribution in [0.25, 0.3) is 11.0 Å². The molecule has 2 heterocycles. The largest absolute Gasteiger partial charge is 0.345 e. The zero-order valence-electron chi connectivity index (χ0n) is 16.6. The molecule has 4 aromatic rings. The van der Waals surface area contributed by atoms with E-state index in [4.69, 9.17) is 0 Å². The average molecular weight is 384 g/mol. The molecule has 0 spiro atoms. The third-order valence-corrected chi connectivity index (χ3v) is 4.97. The summed E-state index contributed by atoms with van der Waals surface area (Å²) >= 11 is 0. The van der Waals surface area contributed by atoms with Crippen LogP contribution in [0.2, 0.25) is 0 Å². The molecule has 5 nitrogen and oxygen atoms in total. The summed E-state index contributed by atoms with van der Waals surface area (Å²) in [5.41, 5.74) is 3.58. The molecule has 1 amide bonds. The molecule has 0 saturated heterocycles. The lowest BCUT2D eigenvalue weighted by atomic mass is 9.98. The van der Waals surface area contributed by atoms with Crippen molar-refractivity contribution in [3.8, 4) is 0 Å². The van der Waals surface area contributed by atoms with Crippen LogP contribution < -0.4 is 5.32 Å². The maximum absolute atomic E-state index is 13.0. The second-order valence-electron chi connectivity index (χ2n) is 7.45. The standard InChI is InChI=1S/C24H24N4O/c1-17(2)28-23-20(16-26-28)14-21(15-25-23)24(29)27-22(19-11-7-4-8-12-19)13-18-9-5-3-6-10-18/h3-12,14-17,22H,13H2,1-2H3,(H,27,29). The topological polar surface area (TPSA) is 59.8 Å². The molecule has 0 aliphatic heterocycles. The van der Waals surface area contributed by atoms with Crippen molar-refractivity contribution in [2.75, 3.05) is 0 Å². The highest BCUT2D eigenvalue weighted by Crippen LogP contribution is 2.21. The second-order valence-corrected chi connectivity index (χ2v) is 7.45. The number of fused-ring (bicyclic) bond motifs is 1. The van der Waals surface area contributed by atoms with Crippen LogP contribution >= 0.6 is 0 Å². The number of nitrogens with one attached hydrogen (secondary N) is 1. The molecule has 2 aromatic heterocycles. The Balaban J connectivity index is 1.60. The van der Waals surface area contributed by atoms with Crippen molar-refractivity contribution < 1.29 is 4.79 Å². The van der Waals surface area contributed by atoms with Crippen molar-refractivity contribution in [1.29, 1.82) is 0 Å². The van der Waals surface area contributed by atoms with E-state index in [0.717, 1.165) is 23.0 Å². The van der Waals surface area contributed by atoms with E-state index in [-0.39, 0.29) is 18.0 Å². The summed E-state index contributed by atoms with van der Waals surface area (Å²) in [4.78, 5) is 17.5. The number of nitrogens with zero attached hydrogens (tertiary/aromatic N) is 3. The fourth-order valence-corrected chi connectivity index (χ4v) is 3.47. The first-order chi connectivity index (χ1) is 14.1.